The molecule has 0 aliphatic rings. The van der Waals surface area contributed by atoms with Crippen LogP contribution >= 0.6 is 15.9 Å². The second-order valence-electron chi connectivity index (χ2n) is 2.72. The Hall–Kier alpha value is -0.940. The van der Waals surface area contributed by atoms with Gasteiger partial charge in [0.15, 0.2) is 0 Å². The van der Waals surface area contributed by atoms with Gasteiger partial charge in [-0.3, -0.25) is 0 Å². The van der Waals surface area contributed by atoms with Gasteiger partial charge >= 0.3 is 0 Å². The fraction of sp³-hybridized carbons (Fsp3) is 0.273. The molecule has 0 radical (unpaired) electrons. The molecule has 0 atom stereocenters. The van der Waals surface area contributed by atoms with Gasteiger partial charge < -0.3 is 5.32 Å². The standard InChI is InChI=1S/C11H12BrN/c1-3-4-8-13-10-7-5-6-9(2)11(10)12/h5-7,13H,8H2,1-2H3. The highest BCUT2D eigenvalue weighted by molar-refractivity contribution is 9.10. The number of benzene rings is 1. The quantitative estimate of drug-likeness (QED) is 0.780. The van der Waals surface area contributed by atoms with Gasteiger partial charge in [-0.25, -0.2) is 0 Å². The van der Waals surface area contributed by atoms with E-state index in [9.17, 15) is 0 Å². The van der Waals surface area contributed by atoms with Crippen molar-refractivity contribution in [1.82, 2.24) is 0 Å². The van der Waals surface area contributed by atoms with Crippen molar-refractivity contribution in [2.45, 2.75) is 13.8 Å². The highest BCUT2D eigenvalue weighted by Crippen LogP contribution is 2.25. The summed E-state index contributed by atoms with van der Waals surface area (Å²) in [7, 11) is 0. The molecule has 1 nitrogen and oxygen atoms in total. The molecule has 1 rings (SSSR count). The SMILES string of the molecule is CC#CCNc1cccc(C)c1Br. The molecule has 0 bridgehead atoms. The minimum atomic E-state index is 0.693. The molecule has 0 amide bonds. The minimum absolute atomic E-state index is 0.693. The van der Waals surface area contributed by atoms with Gasteiger partial charge in [0, 0.05) is 10.2 Å². The van der Waals surface area contributed by atoms with Crippen molar-refractivity contribution >= 4 is 21.6 Å². The number of hydrogen-bond donors (Lipinski definition) is 1. The van der Waals surface area contributed by atoms with Crippen LogP contribution in [0.25, 0.3) is 0 Å². The van der Waals surface area contributed by atoms with Gasteiger partial charge in [0.25, 0.3) is 0 Å². The zero-order valence-electron chi connectivity index (χ0n) is 7.82. The number of aryl methyl sites for hydroxylation is 1. The van der Waals surface area contributed by atoms with E-state index < -0.39 is 0 Å². The van der Waals surface area contributed by atoms with Crippen molar-refractivity contribution in [3.8, 4) is 11.8 Å². The Labute approximate surface area is 87.7 Å². The van der Waals surface area contributed by atoms with Gasteiger partial charge in [0.05, 0.1) is 6.54 Å². The van der Waals surface area contributed by atoms with Crippen LogP contribution in [0.15, 0.2) is 22.7 Å². The lowest BCUT2D eigenvalue weighted by Crippen LogP contribution is -1.99. The Kier molecular flexibility index (Phi) is 3.85. The van der Waals surface area contributed by atoms with Gasteiger partial charge in [-0.05, 0) is 41.4 Å². The predicted octanol–water partition coefficient (Wildman–Crippen LogP) is 3.19. The maximum absolute atomic E-state index is 3.52. The average molecular weight is 238 g/mol. The first-order chi connectivity index (χ1) is 6.25. The Bertz CT molecular complexity index is 347. The van der Waals surface area contributed by atoms with Crippen LogP contribution in [0.4, 0.5) is 5.69 Å². The second-order valence-corrected chi connectivity index (χ2v) is 3.51. The topological polar surface area (TPSA) is 12.0 Å². The van der Waals surface area contributed by atoms with E-state index >= 15 is 0 Å². The summed E-state index contributed by atoms with van der Waals surface area (Å²) >= 11 is 3.52. The fourth-order valence-corrected chi connectivity index (χ4v) is 1.42. The number of nitrogens with one attached hydrogen (secondary N) is 1. The maximum atomic E-state index is 3.52. The van der Waals surface area contributed by atoms with Crippen LogP contribution in [0.3, 0.4) is 0 Å². The largest absolute Gasteiger partial charge is 0.373 e. The van der Waals surface area contributed by atoms with E-state index in [0.29, 0.717) is 6.54 Å². The van der Waals surface area contributed by atoms with E-state index in [1.807, 2.05) is 19.1 Å². The lowest BCUT2D eigenvalue weighted by molar-refractivity contribution is 1.33. The van der Waals surface area contributed by atoms with Crippen LogP contribution in [-0.4, -0.2) is 6.54 Å². The molecule has 0 aliphatic heterocycles. The number of halogens is 1. The molecule has 0 unspecified atom stereocenters. The van der Waals surface area contributed by atoms with E-state index in [0.717, 1.165) is 10.2 Å². The summed E-state index contributed by atoms with van der Waals surface area (Å²) in [5.74, 6) is 5.81. The summed E-state index contributed by atoms with van der Waals surface area (Å²) < 4.78 is 1.12. The molecule has 2 heteroatoms. The third kappa shape index (κ3) is 2.78. The van der Waals surface area contributed by atoms with E-state index in [1.165, 1.54) is 5.56 Å². The Balaban J connectivity index is 2.75. The van der Waals surface area contributed by atoms with Crippen molar-refractivity contribution in [1.29, 1.82) is 0 Å². The number of anilines is 1. The summed E-state index contributed by atoms with van der Waals surface area (Å²) in [5.41, 5.74) is 2.33. The van der Waals surface area contributed by atoms with E-state index in [-0.39, 0.29) is 0 Å². The third-order valence-corrected chi connectivity index (χ3v) is 2.79. The van der Waals surface area contributed by atoms with E-state index in [1.54, 1.807) is 0 Å². The normalized spacial score (nSPS) is 8.85. The van der Waals surface area contributed by atoms with Crippen LogP contribution in [-0.2, 0) is 0 Å². The van der Waals surface area contributed by atoms with Crippen molar-refractivity contribution in [3.63, 3.8) is 0 Å². The lowest BCUT2D eigenvalue weighted by atomic mass is 10.2. The Morgan fingerprint density at radius 1 is 1.46 bits per heavy atom. The van der Waals surface area contributed by atoms with Crippen molar-refractivity contribution in [2.24, 2.45) is 0 Å². The molecule has 0 fully saturated rings. The number of hydrogen-bond acceptors (Lipinski definition) is 1. The predicted molar refractivity (Wildman–Crippen MR) is 60.8 cm³/mol. The fourth-order valence-electron chi connectivity index (χ4n) is 1.01. The zero-order chi connectivity index (χ0) is 9.68. The maximum Gasteiger partial charge on any atom is 0.0766 e. The minimum Gasteiger partial charge on any atom is -0.373 e. The zero-order valence-corrected chi connectivity index (χ0v) is 9.40. The molecule has 1 aromatic rings. The van der Waals surface area contributed by atoms with Gasteiger partial charge in [-0.2, -0.15) is 0 Å². The van der Waals surface area contributed by atoms with Crippen LogP contribution in [0.2, 0.25) is 0 Å². The van der Waals surface area contributed by atoms with Crippen molar-refractivity contribution < 1.29 is 0 Å². The van der Waals surface area contributed by atoms with Crippen LogP contribution in [0.5, 0.6) is 0 Å². The average Bonchev–Trinajstić information content (AvgIpc) is 2.13. The summed E-state index contributed by atoms with van der Waals surface area (Å²) in [6.45, 7) is 4.60. The van der Waals surface area contributed by atoms with E-state index in [2.05, 4.69) is 46.1 Å². The smallest absolute Gasteiger partial charge is 0.0766 e. The molecule has 13 heavy (non-hydrogen) atoms. The number of rotatable bonds is 2. The summed E-state index contributed by atoms with van der Waals surface area (Å²) in [4.78, 5) is 0. The lowest BCUT2D eigenvalue weighted by Gasteiger charge is -2.06. The van der Waals surface area contributed by atoms with Gasteiger partial charge in [-0.1, -0.05) is 18.1 Å². The molecule has 0 aromatic heterocycles. The van der Waals surface area contributed by atoms with Crippen LogP contribution in [0, 0.1) is 18.8 Å². The molecule has 0 saturated carbocycles. The summed E-state index contributed by atoms with van der Waals surface area (Å²) in [5, 5.41) is 3.23. The van der Waals surface area contributed by atoms with Gasteiger partial charge in [-0.15, -0.1) is 5.92 Å². The molecule has 0 aliphatic carbocycles. The van der Waals surface area contributed by atoms with Gasteiger partial charge in [0.2, 0.25) is 0 Å². The first-order valence-electron chi connectivity index (χ1n) is 4.14. The summed E-state index contributed by atoms with van der Waals surface area (Å²) in [6.07, 6.45) is 0. The molecule has 1 aromatic carbocycles. The van der Waals surface area contributed by atoms with Crippen molar-refractivity contribution in [3.05, 3.63) is 28.2 Å². The van der Waals surface area contributed by atoms with Crippen LogP contribution in [0.1, 0.15) is 12.5 Å². The first kappa shape index (κ1) is 10.1. The molecular weight excluding hydrogens is 226 g/mol. The molecule has 0 heterocycles. The third-order valence-electron chi connectivity index (χ3n) is 1.74. The molecule has 1 N–H and O–H groups in total. The second kappa shape index (κ2) is 4.94. The molecule has 68 valence electrons. The Morgan fingerprint density at radius 3 is 2.92 bits per heavy atom. The molecule has 0 spiro atoms. The Morgan fingerprint density at radius 2 is 2.23 bits per heavy atom. The van der Waals surface area contributed by atoms with Crippen molar-refractivity contribution in [2.75, 3.05) is 11.9 Å². The molecule has 0 saturated heterocycles. The highest BCUT2D eigenvalue weighted by Gasteiger charge is 1.99. The summed E-state index contributed by atoms with van der Waals surface area (Å²) in [6, 6.07) is 6.14. The first-order valence-corrected chi connectivity index (χ1v) is 4.93. The highest BCUT2D eigenvalue weighted by atomic mass is 79.9. The van der Waals surface area contributed by atoms with E-state index in [4.69, 9.17) is 0 Å². The van der Waals surface area contributed by atoms with Gasteiger partial charge in [0.1, 0.15) is 0 Å². The van der Waals surface area contributed by atoms with Crippen LogP contribution < -0.4 is 5.32 Å². The monoisotopic (exact) mass is 237 g/mol. The molecular formula is C11H12BrN.